The summed E-state index contributed by atoms with van der Waals surface area (Å²) in [5.41, 5.74) is 9.76. The van der Waals surface area contributed by atoms with Gasteiger partial charge in [-0.15, -0.1) is 13.2 Å². The summed E-state index contributed by atoms with van der Waals surface area (Å²) in [7, 11) is 0. The smallest absolute Gasteiger partial charge is 0.465 e. The highest BCUT2D eigenvalue weighted by Gasteiger charge is 2.30. The van der Waals surface area contributed by atoms with Gasteiger partial charge in [0.15, 0.2) is 0 Å². The molecule has 0 aliphatic rings. The second-order valence-corrected chi connectivity index (χ2v) is 5.53. The Balaban J connectivity index is 1.78. The summed E-state index contributed by atoms with van der Waals surface area (Å²) < 4.78 is 45.1. The molecule has 0 aromatic heterocycles. The number of rotatable bonds is 7. The lowest BCUT2D eigenvalue weighted by Crippen LogP contribution is -2.17. The SMILES string of the molecule is [N-]=[N+]=NC(=O)c1ccc(CCOC(=O)Cc2ccc(OC(F)(F)F)cc2)cc1. The van der Waals surface area contributed by atoms with Gasteiger partial charge in [-0.2, -0.15) is 0 Å². The van der Waals surface area contributed by atoms with Crippen molar-refractivity contribution in [2.24, 2.45) is 5.11 Å². The molecule has 0 saturated carbocycles. The predicted octanol–water partition coefficient (Wildman–Crippen LogP) is 4.36. The molecule has 2 rings (SSSR count). The Hall–Kier alpha value is -3.52. The van der Waals surface area contributed by atoms with Crippen LogP contribution < -0.4 is 4.74 Å². The van der Waals surface area contributed by atoms with Gasteiger partial charge in [0.05, 0.1) is 13.0 Å². The first-order valence-corrected chi connectivity index (χ1v) is 7.95. The fourth-order valence-electron chi connectivity index (χ4n) is 2.22. The number of benzene rings is 2. The second-order valence-electron chi connectivity index (χ2n) is 5.53. The maximum absolute atomic E-state index is 12.1. The van der Waals surface area contributed by atoms with Crippen LogP contribution in [0.25, 0.3) is 10.4 Å². The minimum Gasteiger partial charge on any atom is -0.465 e. The molecule has 0 unspecified atom stereocenters. The molecular formula is C18H14F3N3O4. The van der Waals surface area contributed by atoms with Crippen LogP contribution in [0.5, 0.6) is 5.75 Å². The van der Waals surface area contributed by atoms with E-state index in [2.05, 4.69) is 14.8 Å². The average Bonchev–Trinajstić information content (AvgIpc) is 2.63. The number of halogens is 3. The van der Waals surface area contributed by atoms with Gasteiger partial charge < -0.3 is 9.47 Å². The molecule has 10 heteroatoms. The van der Waals surface area contributed by atoms with E-state index in [1.54, 1.807) is 12.1 Å². The lowest BCUT2D eigenvalue weighted by molar-refractivity contribution is -0.274. The van der Waals surface area contributed by atoms with Crippen LogP contribution in [0.3, 0.4) is 0 Å². The summed E-state index contributed by atoms with van der Waals surface area (Å²) in [4.78, 5) is 25.6. The molecular weight excluding hydrogens is 379 g/mol. The van der Waals surface area contributed by atoms with Gasteiger partial charge in [0, 0.05) is 16.9 Å². The van der Waals surface area contributed by atoms with Gasteiger partial charge in [0.1, 0.15) is 5.75 Å². The zero-order valence-corrected chi connectivity index (χ0v) is 14.3. The fraction of sp³-hybridized carbons (Fsp3) is 0.222. The highest BCUT2D eigenvalue weighted by molar-refractivity contribution is 5.94. The molecule has 0 bridgehead atoms. The lowest BCUT2D eigenvalue weighted by atomic mass is 10.1. The molecule has 0 radical (unpaired) electrons. The third kappa shape index (κ3) is 7.00. The molecule has 1 amide bonds. The Morgan fingerprint density at radius 3 is 2.18 bits per heavy atom. The van der Waals surface area contributed by atoms with E-state index in [0.717, 1.165) is 17.7 Å². The largest absolute Gasteiger partial charge is 0.573 e. The maximum atomic E-state index is 12.1. The quantitative estimate of drug-likeness (QED) is 0.302. The number of ether oxygens (including phenoxy) is 2. The van der Waals surface area contributed by atoms with E-state index in [9.17, 15) is 22.8 Å². The topological polar surface area (TPSA) is 101 Å². The summed E-state index contributed by atoms with van der Waals surface area (Å²) in [6.45, 7) is 0.0950. The van der Waals surface area contributed by atoms with Gasteiger partial charge in [-0.1, -0.05) is 36.4 Å². The van der Waals surface area contributed by atoms with Gasteiger partial charge in [-0.05, 0) is 33.9 Å². The molecule has 28 heavy (non-hydrogen) atoms. The Labute approximate surface area is 157 Å². The molecule has 0 fully saturated rings. The minimum atomic E-state index is -4.77. The minimum absolute atomic E-state index is 0.0914. The zero-order valence-electron chi connectivity index (χ0n) is 14.3. The number of carbonyl (C=O) groups is 2. The number of azide groups is 1. The highest BCUT2D eigenvalue weighted by Crippen LogP contribution is 2.22. The first-order valence-electron chi connectivity index (χ1n) is 7.95. The molecule has 146 valence electrons. The number of esters is 1. The number of amides is 1. The average molecular weight is 393 g/mol. The molecule has 0 N–H and O–H groups in total. The van der Waals surface area contributed by atoms with E-state index in [0.29, 0.717) is 12.0 Å². The van der Waals surface area contributed by atoms with Gasteiger partial charge in [0.25, 0.3) is 0 Å². The van der Waals surface area contributed by atoms with E-state index in [1.165, 1.54) is 24.3 Å². The third-order valence-corrected chi connectivity index (χ3v) is 3.50. The lowest BCUT2D eigenvalue weighted by Gasteiger charge is -2.09. The zero-order chi connectivity index (χ0) is 20.6. The first kappa shape index (κ1) is 20.8. The maximum Gasteiger partial charge on any atom is 0.573 e. The summed E-state index contributed by atoms with van der Waals surface area (Å²) in [5, 5.41) is 2.98. The summed E-state index contributed by atoms with van der Waals surface area (Å²) >= 11 is 0. The molecule has 0 aliphatic heterocycles. The van der Waals surface area contributed by atoms with Crippen molar-refractivity contribution in [1.82, 2.24) is 0 Å². The van der Waals surface area contributed by atoms with Gasteiger partial charge in [-0.25, -0.2) is 0 Å². The van der Waals surface area contributed by atoms with Gasteiger partial charge >= 0.3 is 12.3 Å². The van der Waals surface area contributed by atoms with Crippen molar-refractivity contribution in [3.8, 4) is 5.75 Å². The van der Waals surface area contributed by atoms with E-state index < -0.39 is 18.2 Å². The number of hydrogen-bond donors (Lipinski definition) is 0. The van der Waals surface area contributed by atoms with Crippen LogP contribution in [0.1, 0.15) is 21.5 Å². The van der Waals surface area contributed by atoms with E-state index >= 15 is 0 Å². The molecule has 0 heterocycles. The van der Waals surface area contributed by atoms with Crippen molar-refractivity contribution in [2.45, 2.75) is 19.2 Å². The van der Waals surface area contributed by atoms with Gasteiger partial charge in [0.2, 0.25) is 5.91 Å². The Kier molecular flexibility index (Phi) is 7.00. The van der Waals surface area contributed by atoms with E-state index in [4.69, 9.17) is 10.3 Å². The number of nitrogens with zero attached hydrogens (tertiary/aromatic N) is 3. The van der Waals surface area contributed by atoms with Crippen LogP contribution in [-0.4, -0.2) is 24.8 Å². The predicted molar refractivity (Wildman–Crippen MR) is 91.4 cm³/mol. The van der Waals surface area contributed by atoms with Crippen molar-refractivity contribution in [2.75, 3.05) is 6.61 Å². The molecule has 0 saturated heterocycles. The van der Waals surface area contributed by atoms with Crippen molar-refractivity contribution in [3.05, 3.63) is 75.7 Å². The standard InChI is InChI=1S/C18H14F3N3O4/c19-18(20,21)28-15-7-3-13(4-8-15)11-16(25)27-10-9-12-1-5-14(6-2-12)17(26)23-24-22/h1-8H,9-11H2. The van der Waals surface area contributed by atoms with Crippen LogP contribution in [0, 0.1) is 0 Å². The van der Waals surface area contributed by atoms with Crippen LogP contribution in [0.4, 0.5) is 13.2 Å². The number of carbonyl (C=O) groups excluding carboxylic acids is 2. The van der Waals surface area contributed by atoms with Gasteiger partial charge in [-0.3, -0.25) is 9.59 Å². The molecule has 7 nitrogen and oxygen atoms in total. The van der Waals surface area contributed by atoms with Crippen molar-refractivity contribution in [3.63, 3.8) is 0 Å². The monoisotopic (exact) mass is 393 g/mol. The normalized spacial score (nSPS) is 10.7. The van der Waals surface area contributed by atoms with Crippen LogP contribution in [0.2, 0.25) is 0 Å². The third-order valence-electron chi connectivity index (χ3n) is 3.50. The fourth-order valence-corrected chi connectivity index (χ4v) is 2.22. The Morgan fingerprint density at radius 2 is 1.61 bits per heavy atom. The van der Waals surface area contributed by atoms with Crippen LogP contribution >= 0.6 is 0 Å². The molecule has 0 atom stereocenters. The summed E-state index contributed by atoms with van der Waals surface area (Å²) in [6.07, 6.45) is -4.46. The number of hydrogen-bond acceptors (Lipinski definition) is 4. The van der Waals surface area contributed by atoms with Crippen LogP contribution in [-0.2, 0) is 22.4 Å². The summed E-state index contributed by atoms with van der Waals surface area (Å²) in [5.74, 6) is -1.58. The van der Waals surface area contributed by atoms with Crippen molar-refractivity contribution in [1.29, 1.82) is 0 Å². The van der Waals surface area contributed by atoms with Crippen molar-refractivity contribution < 1.29 is 32.2 Å². The molecule has 2 aromatic carbocycles. The molecule has 0 spiro atoms. The summed E-state index contributed by atoms with van der Waals surface area (Å²) in [6, 6.07) is 11.2. The van der Waals surface area contributed by atoms with E-state index in [-0.39, 0.29) is 24.3 Å². The highest BCUT2D eigenvalue weighted by atomic mass is 19.4. The second kappa shape index (κ2) is 9.43. The number of alkyl halides is 3. The van der Waals surface area contributed by atoms with E-state index in [1.807, 2.05) is 0 Å². The van der Waals surface area contributed by atoms with Crippen LogP contribution in [0.15, 0.2) is 53.6 Å². The Morgan fingerprint density at radius 1 is 1.00 bits per heavy atom. The molecule has 0 aliphatic carbocycles. The van der Waals surface area contributed by atoms with Crippen molar-refractivity contribution >= 4 is 11.9 Å². The Bertz CT molecular complexity index is 874. The first-order chi connectivity index (χ1) is 13.3. The molecule has 2 aromatic rings.